The summed E-state index contributed by atoms with van der Waals surface area (Å²) in [4.78, 5) is 2.72. The van der Waals surface area contributed by atoms with E-state index in [9.17, 15) is 0 Å². The zero-order chi connectivity index (χ0) is 14.9. The van der Waals surface area contributed by atoms with E-state index in [1.165, 1.54) is 31.2 Å². The van der Waals surface area contributed by atoms with E-state index in [0.717, 1.165) is 25.4 Å². The van der Waals surface area contributed by atoms with Gasteiger partial charge in [0, 0.05) is 36.3 Å². The van der Waals surface area contributed by atoms with Crippen molar-refractivity contribution in [3.05, 3.63) is 29.8 Å². The van der Waals surface area contributed by atoms with Crippen molar-refractivity contribution in [3.8, 4) is 5.75 Å². The Morgan fingerprint density at radius 3 is 2.62 bits per heavy atom. The third-order valence-electron chi connectivity index (χ3n) is 5.24. The number of hydrogen-bond acceptors (Lipinski definition) is 3. The Bertz CT molecular complexity index is 492. The fourth-order valence-corrected chi connectivity index (χ4v) is 4.01. The van der Waals surface area contributed by atoms with Crippen LogP contribution in [0, 0.1) is 0 Å². The van der Waals surface area contributed by atoms with Crippen LogP contribution in [0.1, 0.15) is 45.1 Å². The molecule has 21 heavy (non-hydrogen) atoms. The standard InChI is InChI=1S/C18H28N2O/c1-17(2)14-20(18(13-19-17)10-6-7-11-18)12-15-8-4-5-9-16(15)21-3/h4-5,8-9,19H,6-7,10-14H2,1-3H3. The van der Waals surface area contributed by atoms with Gasteiger partial charge >= 0.3 is 0 Å². The summed E-state index contributed by atoms with van der Waals surface area (Å²) in [5.74, 6) is 1.02. The van der Waals surface area contributed by atoms with Gasteiger partial charge in [0.1, 0.15) is 5.75 Å². The highest BCUT2D eigenvalue weighted by Crippen LogP contribution is 2.39. The monoisotopic (exact) mass is 288 g/mol. The Morgan fingerprint density at radius 1 is 1.19 bits per heavy atom. The number of hydrogen-bond donors (Lipinski definition) is 1. The largest absolute Gasteiger partial charge is 0.496 e. The molecule has 3 rings (SSSR count). The van der Waals surface area contributed by atoms with Crippen molar-refractivity contribution in [2.24, 2.45) is 0 Å². The highest BCUT2D eigenvalue weighted by atomic mass is 16.5. The van der Waals surface area contributed by atoms with Gasteiger partial charge in [0.2, 0.25) is 0 Å². The lowest BCUT2D eigenvalue weighted by atomic mass is 9.86. The van der Waals surface area contributed by atoms with Gasteiger partial charge in [-0.3, -0.25) is 4.90 Å². The molecule has 0 radical (unpaired) electrons. The van der Waals surface area contributed by atoms with Crippen LogP contribution in [0.5, 0.6) is 5.75 Å². The maximum atomic E-state index is 5.55. The van der Waals surface area contributed by atoms with Crippen LogP contribution in [-0.4, -0.2) is 36.2 Å². The lowest BCUT2D eigenvalue weighted by molar-refractivity contribution is 0.0117. The van der Waals surface area contributed by atoms with Crippen LogP contribution in [0.2, 0.25) is 0 Å². The second-order valence-corrected chi connectivity index (χ2v) is 7.34. The molecule has 116 valence electrons. The van der Waals surface area contributed by atoms with Gasteiger partial charge in [0.05, 0.1) is 7.11 Å². The smallest absolute Gasteiger partial charge is 0.123 e. The summed E-state index contributed by atoms with van der Waals surface area (Å²) in [6.45, 7) is 7.84. The first-order valence-corrected chi connectivity index (χ1v) is 8.17. The molecule has 0 atom stereocenters. The van der Waals surface area contributed by atoms with E-state index in [1.807, 2.05) is 0 Å². The maximum Gasteiger partial charge on any atom is 0.123 e. The molecule has 2 aliphatic rings. The Labute approximate surface area is 128 Å². The molecule has 1 aromatic carbocycles. The topological polar surface area (TPSA) is 24.5 Å². The van der Waals surface area contributed by atoms with Gasteiger partial charge in [-0.1, -0.05) is 31.0 Å². The van der Waals surface area contributed by atoms with Crippen molar-refractivity contribution in [1.82, 2.24) is 10.2 Å². The van der Waals surface area contributed by atoms with Crippen LogP contribution >= 0.6 is 0 Å². The van der Waals surface area contributed by atoms with E-state index in [1.54, 1.807) is 7.11 Å². The molecule has 3 nitrogen and oxygen atoms in total. The first kappa shape index (κ1) is 14.9. The minimum atomic E-state index is 0.190. The lowest BCUT2D eigenvalue weighted by Gasteiger charge is -2.51. The summed E-state index contributed by atoms with van der Waals surface area (Å²) in [6.07, 6.45) is 5.38. The van der Waals surface area contributed by atoms with Crippen molar-refractivity contribution < 1.29 is 4.74 Å². The predicted octanol–water partition coefficient (Wildman–Crippen LogP) is 3.19. The van der Waals surface area contributed by atoms with Gasteiger partial charge in [0.25, 0.3) is 0 Å². The van der Waals surface area contributed by atoms with E-state index in [4.69, 9.17) is 4.74 Å². The Kier molecular flexibility index (Phi) is 3.98. The van der Waals surface area contributed by atoms with Gasteiger partial charge in [-0.15, -0.1) is 0 Å². The molecule has 1 N–H and O–H groups in total. The molecule has 0 aromatic heterocycles. The second kappa shape index (κ2) is 5.62. The summed E-state index contributed by atoms with van der Waals surface area (Å²) < 4.78 is 5.55. The van der Waals surface area contributed by atoms with Crippen LogP contribution in [0.3, 0.4) is 0 Å². The zero-order valence-corrected chi connectivity index (χ0v) is 13.6. The summed E-state index contributed by atoms with van der Waals surface area (Å²) in [6, 6.07) is 8.45. The van der Waals surface area contributed by atoms with E-state index < -0.39 is 0 Å². The van der Waals surface area contributed by atoms with Crippen molar-refractivity contribution >= 4 is 0 Å². The average molecular weight is 288 g/mol. The quantitative estimate of drug-likeness (QED) is 0.924. The predicted molar refractivity (Wildman–Crippen MR) is 86.7 cm³/mol. The fourth-order valence-electron chi connectivity index (χ4n) is 4.01. The molecule has 1 heterocycles. The minimum absolute atomic E-state index is 0.190. The number of benzene rings is 1. The van der Waals surface area contributed by atoms with E-state index in [2.05, 4.69) is 48.3 Å². The molecule has 0 bridgehead atoms. The molecule has 2 fully saturated rings. The van der Waals surface area contributed by atoms with Crippen molar-refractivity contribution in [2.75, 3.05) is 20.2 Å². The minimum Gasteiger partial charge on any atom is -0.496 e. The zero-order valence-electron chi connectivity index (χ0n) is 13.6. The number of ether oxygens (including phenoxy) is 1. The molecule has 3 heteroatoms. The van der Waals surface area contributed by atoms with Gasteiger partial charge in [-0.25, -0.2) is 0 Å². The molecule has 1 aromatic rings. The lowest BCUT2D eigenvalue weighted by Crippen LogP contribution is -2.66. The fraction of sp³-hybridized carbons (Fsp3) is 0.667. The summed E-state index contributed by atoms with van der Waals surface area (Å²) >= 11 is 0. The van der Waals surface area contributed by atoms with Crippen molar-refractivity contribution in [1.29, 1.82) is 0 Å². The normalized spacial score (nSPS) is 24.3. The third kappa shape index (κ3) is 2.95. The third-order valence-corrected chi connectivity index (χ3v) is 5.24. The SMILES string of the molecule is COc1ccccc1CN1CC(C)(C)NCC12CCCC2. The van der Waals surface area contributed by atoms with Gasteiger partial charge < -0.3 is 10.1 Å². The molecule has 1 saturated carbocycles. The van der Waals surface area contributed by atoms with Crippen molar-refractivity contribution in [3.63, 3.8) is 0 Å². The molecule has 1 aliphatic heterocycles. The van der Waals surface area contributed by atoms with Crippen LogP contribution in [-0.2, 0) is 6.54 Å². The molecule has 0 unspecified atom stereocenters. The van der Waals surface area contributed by atoms with Crippen LogP contribution in [0.4, 0.5) is 0 Å². The van der Waals surface area contributed by atoms with E-state index >= 15 is 0 Å². The summed E-state index contributed by atoms with van der Waals surface area (Å²) in [7, 11) is 1.77. The van der Waals surface area contributed by atoms with Crippen LogP contribution in [0.15, 0.2) is 24.3 Å². The van der Waals surface area contributed by atoms with Crippen molar-refractivity contribution in [2.45, 2.75) is 57.2 Å². The molecule has 1 saturated heterocycles. The Hall–Kier alpha value is -1.06. The number of rotatable bonds is 3. The number of nitrogens with one attached hydrogen (secondary N) is 1. The number of nitrogens with zero attached hydrogens (tertiary/aromatic N) is 1. The average Bonchev–Trinajstić information content (AvgIpc) is 2.94. The van der Waals surface area contributed by atoms with Gasteiger partial charge in [-0.05, 0) is 32.8 Å². The van der Waals surface area contributed by atoms with Crippen LogP contribution in [0.25, 0.3) is 0 Å². The Morgan fingerprint density at radius 2 is 1.90 bits per heavy atom. The summed E-state index contributed by atoms with van der Waals surface area (Å²) in [5, 5.41) is 3.76. The number of piperazine rings is 1. The van der Waals surface area contributed by atoms with Gasteiger partial charge in [0.15, 0.2) is 0 Å². The van der Waals surface area contributed by atoms with E-state index in [0.29, 0.717) is 5.54 Å². The summed E-state index contributed by atoms with van der Waals surface area (Å²) in [5.41, 5.74) is 1.86. The van der Waals surface area contributed by atoms with E-state index in [-0.39, 0.29) is 5.54 Å². The molecule has 1 aliphatic carbocycles. The first-order valence-electron chi connectivity index (χ1n) is 8.17. The Balaban J connectivity index is 1.85. The van der Waals surface area contributed by atoms with Crippen LogP contribution < -0.4 is 10.1 Å². The molecule has 0 amide bonds. The maximum absolute atomic E-state index is 5.55. The van der Waals surface area contributed by atoms with Gasteiger partial charge in [-0.2, -0.15) is 0 Å². The number of para-hydroxylation sites is 1. The molecular formula is C18H28N2O. The highest BCUT2D eigenvalue weighted by molar-refractivity contribution is 5.33. The number of methoxy groups -OCH3 is 1. The first-order chi connectivity index (χ1) is 10.0. The molecule has 1 spiro atoms. The second-order valence-electron chi connectivity index (χ2n) is 7.34. The highest BCUT2D eigenvalue weighted by Gasteiger charge is 2.45. The molecular weight excluding hydrogens is 260 g/mol.